The highest BCUT2D eigenvalue weighted by molar-refractivity contribution is 5.87. The van der Waals surface area contributed by atoms with Crippen molar-refractivity contribution in [1.82, 2.24) is 0 Å². The molecule has 0 aromatic heterocycles. The maximum Gasteiger partial charge on any atom is 0.265 e. The third kappa shape index (κ3) is 4.31. The van der Waals surface area contributed by atoms with Gasteiger partial charge in [-0.05, 0) is 88.5 Å². The van der Waals surface area contributed by atoms with Crippen LogP contribution in [0.25, 0.3) is 21.5 Å². The molecule has 0 saturated carbocycles. The van der Waals surface area contributed by atoms with E-state index in [9.17, 15) is 5.26 Å². The van der Waals surface area contributed by atoms with Crippen molar-refractivity contribution < 1.29 is 0 Å². The van der Waals surface area contributed by atoms with Crippen molar-refractivity contribution in [3.8, 4) is 17.2 Å². The zero-order valence-electron chi connectivity index (χ0n) is 23.1. The predicted molar refractivity (Wildman–Crippen MR) is 162 cm³/mol. The summed E-state index contributed by atoms with van der Waals surface area (Å²) in [4.78, 5) is 5.88. The Morgan fingerprint density at radius 3 is 1.82 bits per heavy atom. The molecule has 0 spiro atoms. The maximum absolute atomic E-state index is 9.68. The van der Waals surface area contributed by atoms with Crippen LogP contribution in [0.2, 0.25) is 0 Å². The number of rotatable bonds is 7. The highest BCUT2D eigenvalue weighted by Gasteiger charge is 2.41. The summed E-state index contributed by atoms with van der Waals surface area (Å²) in [5.74, 6) is 0.0742. The van der Waals surface area contributed by atoms with Gasteiger partial charge < -0.3 is 4.90 Å². The molecule has 0 atom stereocenters. The van der Waals surface area contributed by atoms with Crippen molar-refractivity contribution in [2.75, 3.05) is 4.90 Å². The third-order valence-electron chi connectivity index (χ3n) is 8.20. The van der Waals surface area contributed by atoms with Crippen LogP contribution in [-0.2, 0) is 5.41 Å². The molecule has 1 aliphatic carbocycles. The van der Waals surface area contributed by atoms with E-state index in [4.69, 9.17) is 6.57 Å². The molecule has 0 amide bonds. The van der Waals surface area contributed by atoms with E-state index in [2.05, 4.69) is 128 Å². The molecule has 192 valence electrons. The van der Waals surface area contributed by atoms with Gasteiger partial charge in [0, 0.05) is 22.5 Å². The average Bonchev–Trinajstić information content (AvgIpc) is 3.25. The molecule has 4 aromatic rings. The van der Waals surface area contributed by atoms with Gasteiger partial charge in [-0.15, -0.1) is 0 Å². The topological polar surface area (TPSA) is 31.4 Å². The molecule has 0 fully saturated rings. The Bertz CT molecular complexity index is 1560. The Morgan fingerprint density at radius 1 is 0.795 bits per heavy atom. The Balaban J connectivity index is 1.71. The highest BCUT2D eigenvalue weighted by Crippen LogP contribution is 2.54. The van der Waals surface area contributed by atoms with Gasteiger partial charge >= 0.3 is 0 Å². The van der Waals surface area contributed by atoms with Crippen LogP contribution >= 0.6 is 0 Å². The fourth-order valence-electron chi connectivity index (χ4n) is 6.29. The van der Waals surface area contributed by atoms with Crippen molar-refractivity contribution >= 4 is 22.6 Å². The second kappa shape index (κ2) is 10.6. The fourth-order valence-corrected chi connectivity index (χ4v) is 6.29. The molecule has 0 bridgehead atoms. The van der Waals surface area contributed by atoms with Gasteiger partial charge in [-0.3, -0.25) is 0 Å². The lowest BCUT2D eigenvalue weighted by Gasteiger charge is -2.32. The number of hydrogen-bond donors (Lipinski definition) is 0. The van der Waals surface area contributed by atoms with E-state index in [0.717, 1.165) is 41.0 Å². The molecular weight excluding hydrogens is 474 g/mol. The minimum absolute atomic E-state index is 0.0742. The first-order valence-corrected chi connectivity index (χ1v) is 13.7. The van der Waals surface area contributed by atoms with Crippen molar-refractivity contribution in [3.63, 3.8) is 0 Å². The monoisotopic (exact) mass is 507 g/mol. The van der Waals surface area contributed by atoms with E-state index in [1.165, 1.54) is 22.3 Å². The SMILES string of the molecule is [C-]#[N+]/C(C#N)=C(/c1ccc2c(c1)C(CC)(CC)c1cc(N(c3ccccc3)c3ccccc3)ccc1-2)C(C)C. The Hall–Kier alpha value is -4.60. The second-order valence-electron chi connectivity index (χ2n) is 10.4. The second-order valence-corrected chi connectivity index (χ2v) is 10.4. The summed E-state index contributed by atoms with van der Waals surface area (Å²) in [7, 11) is 0. The molecule has 0 heterocycles. The summed E-state index contributed by atoms with van der Waals surface area (Å²) in [6.45, 7) is 16.2. The van der Waals surface area contributed by atoms with Gasteiger partial charge in [0.25, 0.3) is 5.70 Å². The summed E-state index contributed by atoms with van der Waals surface area (Å²) >= 11 is 0. The molecule has 1 aliphatic rings. The summed E-state index contributed by atoms with van der Waals surface area (Å²) in [5.41, 5.74) is 10.4. The number of nitriles is 1. The summed E-state index contributed by atoms with van der Waals surface area (Å²) in [6, 6.07) is 36.6. The fraction of sp³-hybridized carbons (Fsp3) is 0.222. The first kappa shape index (κ1) is 26.0. The third-order valence-corrected chi connectivity index (χ3v) is 8.20. The van der Waals surface area contributed by atoms with Crippen molar-refractivity contribution in [2.24, 2.45) is 5.92 Å². The van der Waals surface area contributed by atoms with Gasteiger partial charge in [0.15, 0.2) is 0 Å². The van der Waals surface area contributed by atoms with Gasteiger partial charge in [0.2, 0.25) is 0 Å². The van der Waals surface area contributed by atoms with E-state index >= 15 is 0 Å². The van der Waals surface area contributed by atoms with E-state index in [0.29, 0.717) is 0 Å². The van der Waals surface area contributed by atoms with Crippen LogP contribution < -0.4 is 4.90 Å². The maximum atomic E-state index is 9.68. The van der Waals surface area contributed by atoms with Crippen LogP contribution in [0.1, 0.15) is 57.2 Å². The predicted octanol–water partition coefficient (Wildman–Crippen LogP) is 10.1. The molecule has 0 radical (unpaired) electrons. The van der Waals surface area contributed by atoms with Crippen LogP contribution in [0, 0.1) is 23.8 Å². The lowest BCUT2D eigenvalue weighted by molar-refractivity contribution is 0.490. The Labute approximate surface area is 232 Å². The summed E-state index contributed by atoms with van der Waals surface area (Å²) in [6.07, 6.45) is 1.92. The highest BCUT2D eigenvalue weighted by atomic mass is 15.1. The number of allylic oxidation sites excluding steroid dienone is 2. The lowest BCUT2D eigenvalue weighted by Crippen LogP contribution is -2.23. The van der Waals surface area contributed by atoms with Crippen molar-refractivity contribution in [3.05, 3.63) is 131 Å². The van der Waals surface area contributed by atoms with E-state index in [-0.39, 0.29) is 17.0 Å². The van der Waals surface area contributed by atoms with Gasteiger partial charge in [-0.25, -0.2) is 10.1 Å². The van der Waals surface area contributed by atoms with Gasteiger partial charge in [0.1, 0.15) is 0 Å². The first-order chi connectivity index (χ1) is 19.0. The Morgan fingerprint density at radius 2 is 1.33 bits per heavy atom. The zero-order chi connectivity index (χ0) is 27.6. The number of para-hydroxylation sites is 2. The van der Waals surface area contributed by atoms with Crippen LogP contribution in [-0.4, -0.2) is 0 Å². The van der Waals surface area contributed by atoms with Gasteiger partial charge in [-0.2, -0.15) is 0 Å². The van der Waals surface area contributed by atoms with Gasteiger partial charge in [-0.1, -0.05) is 88.4 Å². The number of benzene rings is 4. The normalized spacial score (nSPS) is 13.6. The van der Waals surface area contributed by atoms with Crippen LogP contribution in [0.15, 0.2) is 103 Å². The van der Waals surface area contributed by atoms with E-state index in [1.807, 2.05) is 12.1 Å². The van der Waals surface area contributed by atoms with E-state index in [1.54, 1.807) is 0 Å². The van der Waals surface area contributed by atoms with Crippen LogP contribution in [0.5, 0.6) is 0 Å². The largest absolute Gasteiger partial charge is 0.310 e. The first-order valence-electron chi connectivity index (χ1n) is 13.7. The molecule has 5 rings (SSSR count). The molecule has 0 saturated heterocycles. The molecule has 0 aliphatic heterocycles. The van der Waals surface area contributed by atoms with Crippen molar-refractivity contribution in [2.45, 2.75) is 46.0 Å². The summed E-state index contributed by atoms with van der Waals surface area (Å²) < 4.78 is 0. The van der Waals surface area contributed by atoms with Gasteiger partial charge in [0.05, 0.1) is 12.6 Å². The van der Waals surface area contributed by atoms with Crippen LogP contribution in [0.4, 0.5) is 17.1 Å². The van der Waals surface area contributed by atoms with Crippen molar-refractivity contribution in [1.29, 1.82) is 5.26 Å². The standard InChI is InChI=1S/C36H33N3/c1-6-36(7-2)32-22-26(35(25(3)4)34(24-37)38-5)18-20-30(32)31-21-19-29(23-33(31)36)39(27-14-10-8-11-15-27)28-16-12-9-13-17-28/h8-23,25H,6-7H2,1-4H3/b35-34+. The number of nitrogens with zero attached hydrogens (tertiary/aromatic N) is 3. The molecule has 39 heavy (non-hydrogen) atoms. The molecule has 0 N–H and O–H groups in total. The molecular formula is C36H33N3. The molecule has 3 heteroatoms. The minimum atomic E-state index is -0.150. The van der Waals surface area contributed by atoms with E-state index < -0.39 is 0 Å². The lowest BCUT2D eigenvalue weighted by atomic mass is 9.73. The number of fused-ring (bicyclic) bond motifs is 3. The number of hydrogen-bond acceptors (Lipinski definition) is 2. The molecule has 3 nitrogen and oxygen atoms in total. The molecule has 4 aromatic carbocycles. The Kier molecular flexibility index (Phi) is 7.10. The smallest absolute Gasteiger partial charge is 0.265 e. The average molecular weight is 508 g/mol. The number of anilines is 3. The minimum Gasteiger partial charge on any atom is -0.310 e. The summed E-state index contributed by atoms with van der Waals surface area (Å²) in [5, 5.41) is 9.68. The zero-order valence-corrected chi connectivity index (χ0v) is 23.1. The van der Waals surface area contributed by atoms with Crippen LogP contribution in [0.3, 0.4) is 0 Å². The quantitative estimate of drug-likeness (QED) is 0.184. The molecule has 0 unspecified atom stereocenters.